The lowest BCUT2D eigenvalue weighted by Gasteiger charge is -2.33. The monoisotopic (exact) mass is 568 g/mol. The van der Waals surface area contributed by atoms with Gasteiger partial charge in [0.1, 0.15) is 17.3 Å². The summed E-state index contributed by atoms with van der Waals surface area (Å²) in [4.78, 5) is 2.20. The largest absolute Gasteiger partial charge is 0.373 e. The minimum absolute atomic E-state index is 0.0973. The molecule has 1 N–H and O–H groups in total. The molecule has 2 aromatic carbocycles. The third-order valence-electron chi connectivity index (χ3n) is 8.23. The van der Waals surface area contributed by atoms with E-state index in [0.29, 0.717) is 64.1 Å². The molecule has 0 unspecified atom stereocenters. The SMILES string of the molecule is Fc1cc(CCc2nn[nH]n2)ccc1N1C[C@@H]2C[C@H]1C[C@H]2OCc1c(-c2c(Cl)cccc2Cl)noc1C1CC1. The average Bonchev–Trinajstić information content (AvgIpc) is 3.29. The zero-order valence-electron chi connectivity index (χ0n) is 21.1. The van der Waals surface area contributed by atoms with Crippen molar-refractivity contribution >= 4 is 28.9 Å². The van der Waals surface area contributed by atoms with Gasteiger partial charge in [-0.25, -0.2) is 4.39 Å². The van der Waals surface area contributed by atoms with Crippen LogP contribution in [0.25, 0.3) is 11.3 Å². The number of fused-ring (bicyclic) bond motifs is 2. The molecule has 4 aromatic rings. The van der Waals surface area contributed by atoms with Crippen LogP contribution in [-0.4, -0.2) is 44.5 Å². The van der Waals surface area contributed by atoms with Crippen molar-refractivity contribution in [2.75, 3.05) is 11.4 Å². The maximum absolute atomic E-state index is 15.2. The molecular weight excluding hydrogens is 542 g/mol. The Morgan fingerprint density at radius 2 is 1.95 bits per heavy atom. The van der Waals surface area contributed by atoms with Crippen molar-refractivity contribution < 1.29 is 13.7 Å². The molecular formula is C28H27Cl2FN6O2. The number of H-pyrrole nitrogens is 1. The van der Waals surface area contributed by atoms with Crippen LogP contribution in [0.2, 0.25) is 10.0 Å². The molecule has 11 heteroatoms. The Morgan fingerprint density at radius 1 is 1.10 bits per heavy atom. The summed E-state index contributed by atoms with van der Waals surface area (Å²) in [6.45, 7) is 1.17. The number of ether oxygens (including phenoxy) is 1. The molecule has 3 aliphatic rings. The topological polar surface area (TPSA) is 93.0 Å². The quantitative estimate of drug-likeness (QED) is 0.259. The zero-order valence-corrected chi connectivity index (χ0v) is 22.6. The van der Waals surface area contributed by atoms with E-state index in [1.165, 1.54) is 0 Å². The molecule has 202 valence electrons. The van der Waals surface area contributed by atoms with Crippen LogP contribution < -0.4 is 4.90 Å². The molecule has 7 rings (SSSR count). The molecule has 2 aromatic heterocycles. The summed E-state index contributed by atoms with van der Waals surface area (Å²) < 4.78 is 27.5. The number of anilines is 1. The Kier molecular flexibility index (Phi) is 6.53. The summed E-state index contributed by atoms with van der Waals surface area (Å²) in [7, 11) is 0. The van der Waals surface area contributed by atoms with Gasteiger partial charge in [0.15, 0.2) is 5.82 Å². The van der Waals surface area contributed by atoms with E-state index in [1.807, 2.05) is 30.3 Å². The van der Waals surface area contributed by atoms with Crippen LogP contribution in [0.15, 0.2) is 40.9 Å². The van der Waals surface area contributed by atoms with E-state index in [1.54, 1.807) is 6.07 Å². The Hall–Kier alpha value is -3.01. The molecule has 3 atom stereocenters. The number of aryl methyl sites for hydroxylation is 2. The lowest BCUT2D eigenvalue weighted by Crippen LogP contribution is -2.39. The highest BCUT2D eigenvalue weighted by molar-refractivity contribution is 6.39. The molecule has 1 saturated heterocycles. The number of aromatic nitrogens is 5. The van der Waals surface area contributed by atoms with Crippen molar-refractivity contribution in [1.29, 1.82) is 0 Å². The molecule has 0 spiro atoms. The molecule has 2 aliphatic carbocycles. The van der Waals surface area contributed by atoms with Gasteiger partial charge < -0.3 is 14.2 Å². The summed E-state index contributed by atoms with van der Waals surface area (Å²) in [6, 6.07) is 11.2. The fourth-order valence-corrected chi connectivity index (χ4v) is 6.70. The number of benzene rings is 2. The maximum atomic E-state index is 15.2. The van der Waals surface area contributed by atoms with Gasteiger partial charge in [0.05, 0.1) is 28.4 Å². The van der Waals surface area contributed by atoms with Crippen LogP contribution in [-0.2, 0) is 24.2 Å². The molecule has 2 saturated carbocycles. The van der Waals surface area contributed by atoms with Crippen molar-refractivity contribution in [1.82, 2.24) is 25.8 Å². The van der Waals surface area contributed by atoms with E-state index in [4.69, 9.17) is 32.5 Å². The Balaban J connectivity index is 1.02. The van der Waals surface area contributed by atoms with E-state index in [0.717, 1.165) is 49.1 Å². The van der Waals surface area contributed by atoms with Crippen molar-refractivity contribution in [2.24, 2.45) is 5.92 Å². The first-order valence-electron chi connectivity index (χ1n) is 13.4. The predicted molar refractivity (Wildman–Crippen MR) is 144 cm³/mol. The van der Waals surface area contributed by atoms with Crippen LogP contribution in [0.5, 0.6) is 0 Å². The normalized spacial score (nSPS) is 22.2. The third kappa shape index (κ3) is 4.81. The minimum atomic E-state index is -0.189. The maximum Gasteiger partial charge on any atom is 0.174 e. The zero-order chi connectivity index (χ0) is 26.5. The Morgan fingerprint density at radius 3 is 2.64 bits per heavy atom. The fraction of sp³-hybridized carbons (Fsp3) is 0.429. The summed E-state index contributed by atoms with van der Waals surface area (Å²) in [5.74, 6) is 2.03. The van der Waals surface area contributed by atoms with Gasteiger partial charge in [0, 0.05) is 42.0 Å². The van der Waals surface area contributed by atoms with Gasteiger partial charge >= 0.3 is 0 Å². The first-order valence-corrected chi connectivity index (χ1v) is 14.1. The Labute approximate surface area is 234 Å². The van der Waals surface area contributed by atoms with Gasteiger partial charge in [0.2, 0.25) is 0 Å². The first-order chi connectivity index (χ1) is 19.0. The van der Waals surface area contributed by atoms with Crippen LogP contribution in [0.4, 0.5) is 10.1 Å². The van der Waals surface area contributed by atoms with E-state index in [2.05, 4.69) is 30.7 Å². The van der Waals surface area contributed by atoms with Crippen LogP contribution >= 0.6 is 23.2 Å². The molecule has 39 heavy (non-hydrogen) atoms. The highest BCUT2D eigenvalue weighted by Gasteiger charge is 2.46. The van der Waals surface area contributed by atoms with Gasteiger partial charge in [0.25, 0.3) is 0 Å². The molecule has 2 bridgehead atoms. The van der Waals surface area contributed by atoms with Gasteiger partial charge in [-0.05, 0) is 61.9 Å². The number of piperidine rings is 1. The minimum Gasteiger partial charge on any atom is -0.373 e. The third-order valence-corrected chi connectivity index (χ3v) is 8.86. The van der Waals surface area contributed by atoms with Gasteiger partial charge in [-0.1, -0.05) is 45.7 Å². The smallest absolute Gasteiger partial charge is 0.174 e. The molecule has 3 fully saturated rings. The van der Waals surface area contributed by atoms with E-state index in [-0.39, 0.29) is 18.0 Å². The molecule has 0 amide bonds. The number of hydrogen-bond donors (Lipinski definition) is 1. The second-order valence-corrected chi connectivity index (χ2v) is 11.6. The van der Waals surface area contributed by atoms with E-state index < -0.39 is 0 Å². The number of nitrogens with zero attached hydrogens (tertiary/aromatic N) is 5. The first kappa shape index (κ1) is 25.0. The van der Waals surface area contributed by atoms with Crippen molar-refractivity contribution in [3.05, 3.63) is 75.0 Å². The molecule has 8 nitrogen and oxygen atoms in total. The lowest BCUT2D eigenvalue weighted by atomic mass is 10.0. The van der Waals surface area contributed by atoms with E-state index in [9.17, 15) is 0 Å². The summed E-state index contributed by atoms with van der Waals surface area (Å²) >= 11 is 13.0. The second kappa shape index (κ2) is 10.2. The molecule has 3 heterocycles. The summed E-state index contributed by atoms with van der Waals surface area (Å²) in [6.07, 6.45) is 5.39. The highest BCUT2D eigenvalue weighted by Crippen LogP contribution is 2.47. The van der Waals surface area contributed by atoms with Crippen molar-refractivity contribution in [2.45, 2.75) is 63.2 Å². The average molecular weight is 569 g/mol. The fourth-order valence-electron chi connectivity index (χ4n) is 6.13. The number of nitrogens with one attached hydrogen (secondary N) is 1. The standard InChI is InChI=1S/C28H27Cl2FN6O2/c29-20-2-1-3-21(30)26(20)27-19(28(39-34-27)16-6-7-16)14-38-24-12-18-11-17(24)13-37(18)23-8-4-15(10-22(23)31)5-9-25-32-35-36-33-25/h1-4,8,10,16-18,24H,5-7,9,11-14H2,(H,32,33,35,36)/t17-,18-,24+/m0/s1. The van der Waals surface area contributed by atoms with Crippen LogP contribution in [0.1, 0.15) is 54.3 Å². The molecule has 1 aliphatic heterocycles. The predicted octanol–water partition coefficient (Wildman–Crippen LogP) is 6.15. The summed E-state index contributed by atoms with van der Waals surface area (Å²) in [5, 5.41) is 19.4. The number of halogens is 3. The highest BCUT2D eigenvalue weighted by atomic mass is 35.5. The number of hydrogen-bond acceptors (Lipinski definition) is 7. The van der Waals surface area contributed by atoms with Gasteiger partial charge in [-0.15, -0.1) is 10.2 Å². The number of aromatic amines is 1. The molecule has 0 radical (unpaired) electrons. The van der Waals surface area contributed by atoms with Gasteiger partial charge in [-0.3, -0.25) is 0 Å². The van der Waals surface area contributed by atoms with Crippen LogP contribution in [0.3, 0.4) is 0 Å². The summed E-state index contributed by atoms with van der Waals surface area (Å²) in [5.41, 5.74) is 3.87. The number of rotatable bonds is 9. The van der Waals surface area contributed by atoms with Gasteiger partial charge in [-0.2, -0.15) is 5.21 Å². The van der Waals surface area contributed by atoms with Crippen molar-refractivity contribution in [3.63, 3.8) is 0 Å². The van der Waals surface area contributed by atoms with E-state index >= 15 is 4.39 Å². The van der Waals surface area contributed by atoms with Crippen molar-refractivity contribution in [3.8, 4) is 11.3 Å². The number of tetrazole rings is 1. The lowest BCUT2D eigenvalue weighted by molar-refractivity contribution is 0.0122. The Bertz CT molecular complexity index is 1470. The second-order valence-electron chi connectivity index (χ2n) is 10.7. The van der Waals surface area contributed by atoms with Crippen LogP contribution in [0, 0.1) is 11.7 Å².